The number of hydrazone groups is 1. The lowest BCUT2D eigenvalue weighted by atomic mass is 9.99. The molecule has 0 aromatic heterocycles. The van der Waals surface area contributed by atoms with Gasteiger partial charge in [-0.15, -0.1) is 10.1 Å². The van der Waals surface area contributed by atoms with E-state index in [1.807, 2.05) is 61.7 Å². The molecule has 1 heterocycles. The lowest BCUT2D eigenvalue weighted by Crippen LogP contribution is -2.42. The van der Waals surface area contributed by atoms with Crippen molar-refractivity contribution in [3.63, 3.8) is 0 Å². The van der Waals surface area contributed by atoms with Crippen LogP contribution >= 0.6 is 0 Å². The standard InChI is InChI=1S/C26H25N3O4/c1-17-4-6-18(7-5-17)16-29-24(19-8-12-21(32-2)13-9-19)23(26(31)28-29)27-25(30)20-10-14-22(33-3)15-11-20/h4-16,23-24H,1-3H3,(H-,27,28,30,31)/p+1/b29-16-/t23-,24+/m1/s1. The van der Waals surface area contributed by atoms with Gasteiger partial charge in [-0.25, -0.2) is 0 Å². The third-order valence-corrected chi connectivity index (χ3v) is 5.60. The Labute approximate surface area is 192 Å². The monoisotopic (exact) mass is 444 g/mol. The van der Waals surface area contributed by atoms with Gasteiger partial charge in [-0.1, -0.05) is 17.7 Å². The number of hydrogen-bond donors (Lipinski definition) is 2. The zero-order valence-electron chi connectivity index (χ0n) is 18.7. The van der Waals surface area contributed by atoms with E-state index < -0.39 is 12.1 Å². The fraction of sp³-hybridized carbons (Fsp3) is 0.192. The number of carbonyl (C=O) groups is 2. The third kappa shape index (κ3) is 4.87. The molecular formula is C26H26N3O4+. The van der Waals surface area contributed by atoms with Gasteiger partial charge in [0.25, 0.3) is 5.91 Å². The van der Waals surface area contributed by atoms with Crippen LogP contribution in [0.2, 0.25) is 0 Å². The Morgan fingerprint density at radius 1 is 0.909 bits per heavy atom. The molecule has 3 aromatic carbocycles. The predicted molar refractivity (Wildman–Crippen MR) is 125 cm³/mol. The number of amides is 2. The second-order valence-corrected chi connectivity index (χ2v) is 7.82. The summed E-state index contributed by atoms with van der Waals surface area (Å²) >= 11 is 0. The third-order valence-electron chi connectivity index (χ3n) is 5.60. The van der Waals surface area contributed by atoms with Crippen molar-refractivity contribution in [1.82, 2.24) is 10.7 Å². The molecule has 1 aliphatic heterocycles. The van der Waals surface area contributed by atoms with Gasteiger partial charge in [-0.2, -0.15) is 0 Å². The van der Waals surface area contributed by atoms with Gasteiger partial charge in [-0.3, -0.25) is 9.59 Å². The Hall–Kier alpha value is -4.13. The molecule has 168 valence electrons. The van der Waals surface area contributed by atoms with Gasteiger partial charge in [-0.05, 0) is 67.6 Å². The Bertz CT molecular complexity index is 1170. The molecule has 3 aromatic rings. The lowest BCUT2D eigenvalue weighted by Gasteiger charge is -2.15. The fourth-order valence-electron chi connectivity index (χ4n) is 3.76. The molecule has 0 radical (unpaired) electrons. The maximum absolute atomic E-state index is 13.0. The number of hydrazine groups is 1. The smallest absolute Gasteiger partial charge is 0.304 e. The van der Waals surface area contributed by atoms with Gasteiger partial charge in [0.05, 0.1) is 14.2 Å². The number of rotatable bonds is 6. The molecule has 2 amide bonds. The summed E-state index contributed by atoms with van der Waals surface area (Å²) in [6.45, 7) is 2.02. The van der Waals surface area contributed by atoms with Crippen molar-refractivity contribution in [2.75, 3.05) is 14.2 Å². The van der Waals surface area contributed by atoms with Crippen molar-refractivity contribution in [3.05, 3.63) is 95.1 Å². The largest absolute Gasteiger partial charge is 0.497 e. The number of nitrogens with zero attached hydrogens (tertiary/aromatic N) is 1. The fourth-order valence-corrected chi connectivity index (χ4v) is 3.76. The van der Waals surface area contributed by atoms with Crippen molar-refractivity contribution in [2.45, 2.75) is 19.0 Å². The van der Waals surface area contributed by atoms with Crippen LogP contribution in [-0.2, 0) is 4.79 Å². The SMILES string of the molecule is COc1ccc(C(=O)N[C@H]2C(=O)N/[N+](=C\c3ccc(C)cc3)[C@H]2c2ccc(OC)cc2)cc1. The van der Waals surface area contributed by atoms with E-state index in [-0.39, 0.29) is 11.8 Å². The Morgan fingerprint density at radius 3 is 2.06 bits per heavy atom. The highest BCUT2D eigenvalue weighted by molar-refractivity contribution is 5.98. The molecule has 33 heavy (non-hydrogen) atoms. The summed E-state index contributed by atoms with van der Waals surface area (Å²) < 4.78 is 12.2. The first-order valence-corrected chi connectivity index (χ1v) is 10.6. The van der Waals surface area contributed by atoms with Crippen LogP contribution in [0.25, 0.3) is 0 Å². The second-order valence-electron chi connectivity index (χ2n) is 7.82. The first kappa shape index (κ1) is 22.1. The Kier molecular flexibility index (Phi) is 6.40. The molecule has 2 atom stereocenters. The number of aryl methyl sites for hydroxylation is 1. The summed E-state index contributed by atoms with van der Waals surface area (Å²) in [5.41, 5.74) is 6.27. The van der Waals surface area contributed by atoms with Crippen LogP contribution < -0.4 is 20.2 Å². The van der Waals surface area contributed by atoms with E-state index in [1.165, 1.54) is 0 Å². The average molecular weight is 445 g/mol. The molecule has 1 aliphatic rings. The van der Waals surface area contributed by atoms with Crippen molar-refractivity contribution in [3.8, 4) is 11.5 Å². The molecule has 1 saturated heterocycles. The summed E-state index contributed by atoms with van der Waals surface area (Å²) in [5.74, 6) is 0.735. The van der Waals surface area contributed by atoms with Crippen LogP contribution in [-0.4, -0.2) is 43.0 Å². The molecular weight excluding hydrogens is 418 g/mol. The molecule has 1 fully saturated rings. The van der Waals surface area contributed by atoms with E-state index >= 15 is 0 Å². The summed E-state index contributed by atoms with van der Waals surface area (Å²) in [4.78, 5) is 25.9. The summed E-state index contributed by atoms with van der Waals surface area (Å²) in [7, 11) is 3.17. The molecule has 0 saturated carbocycles. The summed E-state index contributed by atoms with van der Waals surface area (Å²) in [5, 5.41) is 2.90. The van der Waals surface area contributed by atoms with E-state index in [2.05, 4.69) is 10.7 Å². The summed E-state index contributed by atoms with van der Waals surface area (Å²) in [6.07, 6.45) is 1.87. The maximum Gasteiger partial charge on any atom is 0.304 e. The van der Waals surface area contributed by atoms with Crippen molar-refractivity contribution >= 4 is 18.0 Å². The molecule has 0 unspecified atom stereocenters. The quantitative estimate of drug-likeness (QED) is 0.573. The first-order chi connectivity index (χ1) is 16.0. The summed E-state index contributed by atoms with van der Waals surface area (Å²) in [6, 6.07) is 21.0. The van der Waals surface area contributed by atoms with Gasteiger partial charge >= 0.3 is 5.91 Å². The van der Waals surface area contributed by atoms with E-state index in [1.54, 1.807) is 43.2 Å². The minimum absolute atomic E-state index is 0.291. The van der Waals surface area contributed by atoms with E-state index in [4.69, 9.17) is 9.47 Å². The maximum atomic E-state index is 13.0. The normalized spacial score (nSPS) is 18.6. The average Bonchev–Trinajstić information content (AvgIpc) is 3.14. The van der Waals surface area contributed by atoms with Crippen LogP contribution in [0.3, 0.4) is 0 Å². The number of benzene rings is 3. The zero-order chi connectivity index (χ0) is 23.4. The van der Waals surface area contributed by atoms with Crippen LogP contribution in [0.15, 0.2) is 72.8 Å². The molecule has 4 rings (SSSR count). The van der Waals surface area contributed by atoms with Crippen molar-refractivity contribution in [2.24, 2.45) is 0 Å². The van der Waals surface area contributed by atoms with Crippen LogP contribution in [0.4, 0.5) is 0 Å². The number of hydrogen-bond acceptors (Lipinski definition) is 4. The predicted octanol–water partition coefficient (Wildman–Crippen LogP) is 3.03. The van der Waals surface area contributed by atoms with Crippen molar-refractivity contribution in [1.29, 1.82) is 0 Å². The number of methoxy groups -OCH3 is 2. The molecule has 7 nitrogen and oxygen atoms in total. The molecule has 2 N–H and O–H groups in total. The van der Waals surface area contributed by atoms with Crippen LogP contribution in [0.5, 0.6) is 11.5 Å². The minimum atomic E-state index is -0.797. The van der Waals surface area contributed by atoms with Crippen LogP contribution in [0, 0.1) is 6.92 Å². The second kappa shape index (κ2) is 9.56. The molecule has 0 aliphatic carbocycles. The van der Waals surface area contributed by atoms with Gasteiger partial charge in [0.15, 0.2) is 6.04 Å². The number of carbonyl (C=O) groups excluding carboxylic acids is 2. The Balaban J connectivity index is 1.67. The van der Waals surface area contributed by atoms with E-state index in [0.29, 0.717) is 17.1 Å². The van der Waals surface area contributed by atoms with Gasteiger partial charge in [0.2, 0.25) is 12.3 Å². The van der Waals surface area contributed by atoms with Gasteiger partial charge in [0.1, 0.15) is 11.5 Å². The van der Waals surface area contributed by atoms with Gasteiger partial charge < -0.3 is 14.8 Å². The zero-order valence-corrected chi connectivity index (χ0v) is 18.7. The topological polar surface area (TPSA) is 79.7 Å². The lowest BCUT2D eigenvalue weighted by molar-refractivity contribution is -0.596. The molecule has 0 spiro atoms. The highest BCUT2D eigenvalue weighted by Crippen LogP contribution is 2.27. The number of ether oxygens (including phenoxy) is 2. The number of nitrogens with one attached hydrogen (secondary N) is 2. The van der Waals surface area contributed by atoms with Gasteiger partial charge in [0, 0.05) is 16.7 Å². The molecule has 0 bridgehead atoms. The highest BCUT2D eigenvalue weighted by atomic mass is 16.5. The highest BCUT2D eigenvalue weighted by Gasteiger charge is 2.47. The minimum Gasteiger partial charge on any atom is -0.497 e. The van der Waals surface area contributed by atoms with Crippen molar-refractivity contribution < 1.29 is 23.7 Å². The van der Waals surface area contributed by atoms with Crippen LogP contribution in [0.1, 0.15) is 33.1 Å². The van der Waals surface area contributed by atoms with E-state index in [9.17, 15) is 9.59 Å². The van der Waals surface area contributed by atoms with E-state index in [0.717, 1.165) is 16.7 Å². The molecule has 7 heteroatoms. The Morgan fingerprint density at radius 2 is 1.48 bits per heavy atom. The first-order valence-electron chi connectivity index (χ1n) is 10.6.